The minimum atomic E-state index is -0.00286. The molecule has 1 aromatic carbocycles. The molecule has 1 aliphatic carbocycles. The van der Waals surface area contributed by atoms with Gasteiger partial charge in [-0.2, -0.15) is 5.26 Å². The van der Waals surface area contributed by atoms with Crippen LogP contribution in [0.25, 0.3) is 0 Å². The first kappa shape index (κ1) is 12.5. The van der Waals surface area contributed by atoms with Gasteiger partial charge in [0, 0.05) is 24.0 Å². The van der Waals surface area contributed by atoms with Crippen molar-refractivity contribution < 1.29 is 4.74 Å². The average Bonchev–Trinajstić information content (AvgIpc) is 3.25. The minimum Gasteiger partial charge on any atom is -0.496 e. The number of imidazole rings is 1. The molecule has 0 N–H and O–H groups in total. The molecule has 1 aromatic heterocycles. The van der Waals surface area contributed by atoms with Crippen LogP contribution >= 0.6 is 0 Å². The number of rotatable bonds is 4. The van der Waals surface area contributed by atoms with Crippen LogP contribution in [0, 0.1) is 11.3 Å². The van der Waals surface area contributed by atoms with Gasteiger partial charge in [-0.3, -0.25) is 9.13 Å². The van der Waals surface area contributed by atoms with Gasteiger partial charge in [0.1, 0.15) is 5.75 Å². The fraction of sp³-hybridized carbons (Fsp3) is 0.333. The van der Waals surface area contributed by atoms with Gasteiger partial charge in [-0.25, -0.2) is 4.79 Å². The number of methoxy groups -OCH3 is 1. The fourth-order valence-corrected chi connectivity index (χ4v) is 2.33. The summed E-state index contributed by atoms with van der Waals surface area (Å²) in [6, 6.07) is 7.71. The van der Waals surface area contributed by atoms with Crippen molar-refractivity contribution >= 4 is 0 Å². The van der Waals surface area contributed by atoms with Crippen LogP contribution in [0.1, 0.15) is 30.0 Å². The molecule has 5 nitrogen and oxygen atoms in total. The van der Waals surface area contributed by atoms with E-state index in [1.54, 1.807) is 40.6 Å². The molecule has 0 unspecified atom stereocenters. The first-order valence-corrected chi connectivity index (χ1v) is 6.57. The molecule has 1 heterocycles. The highest BCUT2D eigenvalue weighted by molar-refractivity contribution is 5.42. The summed E-state index contributed by atoms with van der Waals surface area (Å²) >= 11 is 0. The maximum absolute atomic E-state index is 12.2. The van der Waals surface area contributed by atoms with Crippen LogP contribution in [-0.4, -0.2) is 16.2 Å². The smallest absolute Gasteiger partial charge is 0.328 e. The largest absolute Gasteiger partial charge is 0.496 e. The van der Waals surface area contributed by atoms with Crippen molar-refractivity contribution in [3.8, 4) is 11.8 Å². The van der Waals surface area contributed by atoms with Crippen LogP contribution in [0.5, 0.6) is 5.75 Å². The van der Waals surface area contributed by atoms with E-state index < -0.39 is 0 Å². The van der Waals surface area contributed by atoms with E-state index in [1.807, 2.05) is 6.20 Å². The van der Waals surface area contributed by atoms with Gasteiger partial charge < -0.3 is 4.74 Å². The van der Waals surface area contributed by atoms with Crippen molar-refractivity contribution in [3.05, 3.63) is 52.2 Å². The zero-order valence-corrected chi connectivity index (χ0v) is 11.2. The van der Waals surface area contributed by atoms with E-state index in [0.29, 0.717) is 23.9 Å². The highest BCUT2D eigenvalue weighted by atomic mass is 16.5. The van der Waals surface area contributed by atoms with Crippen molar-refractivity contribution in [2.45, 2.75) is 25.4 Å². The van der Waals surface area contributed by atoms with Gasteiger partial charge in [-0.1, -0.05) is 0 Å². The number of nitriles is 1. The zero-order valence-electron chi connectivity index (χ0n) is 11.2. The third-order valence-electron chi connectivity index (χ3n) is 3.56. The van der Waals surface area contributed by atoms with Gasteiger partial charge in [0.2, 0.25) is 0 Å². The molecular weight excluding hydrogens is 254 g/mol. The Kier molecular flexibility index (Phi) is 3.07. The summed E-state index contributed by atoms with van der Waals surface area (Å²) in [4.78, 5) is 12.2. The monoisotopic (exact) mass is 269 g/mol. The Labute approximate surface area is 116 Å². The molecule has 0 atom stereocenters. The van der Waals surface area contributed by atoms with E-state index in [2.05, 4.69) is 6.07 Å². The zero-order chi connectivity index (χ0) is 14.1. The van der Waals surface area contributed by atoms with Crippen LogP contribution in [0.2, 0.25) is 0 Å². The molecule has 1 aliphatic rings. The van der Waals surface area contributed by atoms with Gasteiger partial charge >= 0.3 is 5.69 Å². The number of ether oxygens (including phenoxy) is 1. The highest BCUT2D eigenvalue weighted by Gasteiger charge is 2.25. The number of hydrogen-bond acceptors (Lipinski definition) is 3. The quantitative estimate of drug-likeness (QED) is 0.852. The summed E-state index contributed by atoms with van der Waals surface area (Å²) in [5, 5.41) is 8.97. The number of aromatic nitrogens is 2. The predicted molar refractivity (Wildman–Crippen MR) is 73.8 cm³/mol. The maximum atomic E-state index is 12.2. The summed E-state index contributed by atoms with van der Waals surface area (Å²) < 4.78 is 8.72. The number of nitrogens with zero attached hydrogens (tertiary/aromatic N) is 3. The summed E-state index contributed by atoms with van der Waals surface area (Å²) in [6.07, 6.45) is 5.79. The van der Waals surface area contributed by atoms with E-state index in [9.17, 15) is 4.79 Å². The van der Waals surface area contributed by atoms with Gasteiger partial charge in [0.15, 0.2) is 0 Å². The summed E-state index contributed by atoms with van der Waals surface area (Å²) in [6.45, 7) is 0.414. The van der Waals surface area contributed by atoms with E-state index >= 15 is 0 Å². The molecule has 2 aromatic rings. The summed E-state index contributed by atoms with van der Waals surface area (Å²) in [5.74, 6) is 0.690. The molecule has 1 fully saturated rings. The van der Waals surface area contributed by atoms with Crippen LogP contribution < -0.4 is 10.4 Å². The van der Waals surface area contributed by atoms with E-state index in [-0.39, 0.29) is 5.69 Å². The Hall–Kier alpha value is -2.48. The van der Waals surface area contributed by atoms with E-state index in [1.165, 1.54) is 0 Å². The van der Waals surface area contributed by atoms with Crippen molar-refractivity contribution in [3.63, 3.8) is 0 Å². The van der Waals surface area contributed by atoms with Gasteiger partial charge in [-0.05, 0) is 31.0 Å². The first-order valence-electron chi connectivity index (χ1n) is 6.57. The third kappa shape index (κ3) is 2.21. The molecule has 0 radical (unpaired) electrons. The second-order valence-corrected chi connectivity index (χ2v) is 4.99. The summed E-state index contributed by atoms with van der Waals surface area (Å²) in [7, 11) is 1.59. The predicted octanol–water partition coefficient (Wildman–Crippen LogP) is 1.91. The van der Waals surface area contributed by atoms with Crippen molar-refractivity contribution in [1.82, 2.24) is 9.13 Å². The average molecular weight is 269 g/mol. The molecule has 0 saturated heterocycles. The molecule has 0 spiro atoms. The van der Waals surface area contributed by atoms with Gasteiger partial charge in [0.25, 0.3) is 0 Å². The highest BCUT2D eigenvalue weighted by Crippen LogP contribution is 2.33. The number of hydrogen-bond donors (Lipinski definition) is 0. The van der Waals surface area contributed by atoms with Gasteiger partial charge in [0.05, 0.1) is 25.3 Å². The first-order chi connectivity index (χ1) is 9.72. The van der Waals surface area contributed by atoms with Crippen molar-refractivity contribution in [1.29, 1.82) is 5.26 Å². The lowest BCUT2D eigenvalue weighted by molar-refractivity contribution is 0.408. The molecule has 102 valence electrons. The van der Waals surface area contributed by atoms with E-state index in [4.69, 9.17) is 10.00 Å². The maximum Gasteiger partial charge on any atom is 0.328 e. The Bertz CT molecular complexity index is 732. The second kappa shape index (κ2) is 4.89. The van der Waals surface area contributed by atoms with Crippen molar-refractivity contribution in [2.24, 2.45) is 0 Å². The molecule has 0 aliphatic heterocycles. The van der Waals surface area contributed by atoms with Crippen LogP contribution in [0.4, 0.5) is 0 Å². The van der Waals surface area contributed by atoms with Gasteiger partial charge in [-0.15, -0.1) is 0 Å². The van der Waals surface area contributed by atoms with Crippen molar-refractivity contribution in [2.75, 3.05) is 7.11 Å². The minimum absolute atomic E-state index is 0.00286. The molecule has 0 amide bonds. The molecule has 20 heavy (non-hydrogen) atoms. The molecule has 3 rings (SSSR count). The molecule has 5 heteroatoms. The molecular formula is C15H15N3O2. The van der Waals surface area contributed by atoms with E-state index in [0.717, 1.165) is 18.4 Å². The Morgan fingerprint density at radius 2 is 2.20 bits per heavy atom. The number of benzene rings is 1. The Morgan fingerprint density at radius 1 is 1.40 bits per heavy atom. The fourth-order valence-electron chi connectivity index (χ4n) is 2.33. The Balaban J connectivity index is 1.94. The van der Waals surface area contributed by atoms with Crippen LogP contribution in [0.15, 0.2) is 35.4 Å². The third-order valence-corrected chi connectivity index (χ3v) is 3.56. The normalized spacial score (nSPS) is 14.0. The standard InChI is InChI=1S/C15H15N3O2/c1-20-14-5-2-11(9-16)8-12(14)10-17-6-7-18(15(17)19)13-3-4-13/h2,5-8,13H,3-4,10H2,1H3. The lowest BCUT2D eigenvalue weighted by Gasteiger charge is -2.09. The topological polar surface area (TPSA) is 59.9 Å². The lowest BCUT2D eigenvalue weighted by atomic mass is 10.1. The summed E-state index contributed by atoms with van der Waals surface area (Å²) in [5.41, 5.74) is 1.40. The lowest BCUT2D eigenvalue weighted by Crippen LogP contribution is -2.24. The van der Waals surface area contributed by atoms with Crippen LogP contribution in [0.3, 0.4) is 0 Å². The van der Waals surface area contributed by atoms with Crippen LogP contribution in [-0.2, 0) is 6.54 Å². The SMILES string of the molecule is COc1ccc(C#N)cc1Cn1ccn(C2CC2)c1=O. The second-order valence-electron chi connectivity index (χ2n) is 4.99. The molecule has 1 saturated carbocycles. The molecule has 0 bridgehead atoms. The Morgan fingerprint density at radius 3 is 2.85 bits per heavy atom.